The van der Waals surface area contributed by atoms with Crippen molar-refractivity contribution < 1.29 is 4.79 Å². The van der Waals surface area contributed by atoms with Crippen molar-refractivity contribution in [3.05, 3.63) is 87.4 Å². The maximum Gasteiger partial charge on any atom is 0.283 e. The highest BCUT2D eigenvalue weighted by Crippen LogP contribution is 2.12. The first-order valence-electron chi connectivity index (χ1n) is 10.4. The zero-order valence-corrected chi connectivity index (χ0v) is 18.4. The number of aromatic nitrogens is 5. The third kappa shape index (κ3) is 5.20. The fraction of sp³-hybridized carbons (Fsp3) is 0.261. The molecule has 0 saturated heterocycles. The largest absolute Gasteiger partial charge is 0.352 e. The number of nitrogens with zero attached hydrogens (tertiary/aromatic N) is 5. The van der Waals surface area contributed by atoms with Crippen molar-refractivity contribution in [1.82, 2.24) is 29.9 Å². The smallest absolute Gasteiger partial charge is 0.283 e. The number of rotatable bonds is 8. The molecule has 4 aromatic rings. The lowest BCUT2D eigenvalue weighted by molar-refractivity contribution is -0.122. The molecule has 4 rings (SSSR count). The second-order valence-electron chi connectivity index (χ2n) is 7.72. The van der Waals surface area contributed by atoms with E-state index < -0.39 is 5.56 Å². The molecular weight excluding hydrogens is 428 g/mol. The topological polar surface area (TPSA) is 94.7 Å². The Morgan fingerprint density at radius 2 is 1.84 bits per heavy atom. The van der Waals surface area contributed by atoms with E-state index in [0.717, 1.165) is 18.4 Å². The van der Waals surface area contributed by atoms with Crippen LogP contribution in [0.4, 0.5) is 0 Å². The predicted octanol–water partition coefficient (Wildman–Crippen LogP) is 2.83. The van der Waals surface area contributed by atoms with Crippen LogP contribution in [0.5, 0.6) is 0 Å². The lowest BCUT2D eigenvalue weighted by Crippen LogP contribution is -2.37. The molecule has 1 unspecified atom stereocenters. The van der Waals surface area contributed by atoms with Crippen LogP contribution in [0.3, 0.4) is 0 Å². The van der Waals surface area contributed by atoms with Gasteiger partial charge in [-0.25, -0.2) is 9.67 Å². The van der Waals surface area contributed by atoms with E-state index in [1.165, 1.54) is 16.5 Å². The summed E-state index contributed by atoms with van der Waals surface area (Å²) in [4.78, 5) is 29.5. The summed E-state index contributed by atoms with van der Waals surface area (Å²) in [6.07, 6.45) is 3.04. The predicted molar refractivity (Wildman–Crippen MR) is 123 cm³/mol. The summed E-state index contributed by atoms with van der Waals surface area (Å²) < 4.78 is 2.80. The highest BCUT2D eigenvalue weighted by atomic mass is 35.5. The van der Waals surface area contributed by atoms with Crippen LogP contribution in [-0.2, 0) is 24.3 Å². The lowest BCUT2D eigenvalue weighted by atomic mass is 10.1. The van der Waals surface area contributed by atoms with E-state index in [2.05, 4.69) is 32.7 Å². The molecule has 0 aliphatic carbocycles. The van der Waals surface area contributed by atoms with Crippen molar-refractivity contribution in [1.29, 1.82) is 0 Å². The van der Waals surface area contributed by atoms with Gasteiger partial charge in [-0.3, -0.25) is 14.2 Å². The first kappa shape index (κ1) is 21.7. The molecule has 2 heterocycles. The van der Waals surface area contributed by atoms with Crippen molar-refractivity contribution in [2.75, 3.05) is 0 Å². The summed E-state index contributed by atoms with van der Waals surface area (Å²) in [7, 11) is 0. The second-order valence-corrected chi connectivity index (χ2v) is 8.15. The Morgan fingerprint density at radius 1 is 1.09 bits per heavy atom. The Labute approximate surface area is 189 Å². The highest BCUT2D eigenvalue weighted by Gasteiger charge is 2.15. The molecule has 0 saturated carbocycles. The number of amides is 1. The van der Waals surface area contributed by atoms with Gasteiger partial charge in [-0.05, 0) is 43.0 Å². The van der Waals surface area contributed by atoms with E-state index in [-0.39, 0.29) is 24.0 Å². The standard InChI is InChI=1S/C23H23ClN6O2/c1-16(7-8-17-5-3-2-4-6-17)26-20(31)14-29-15-25-22-21(23(29)32)27-28-30(22)13-18-9-11-19(24)12-10-18/h2-6,9-12,15-16H,7-8,13-14H2,1H3,(H,26,31). The molecule has 2 aromatic carbocycles. The fourth-order valence-corrected chi connectivity index (χ4v) is 3.57. The molecule has 8 nitrogen and oxygen atoms in total. The van der Waals surface area contributed by atoms with Crippen LogP contribution >= 0.6 is 11.6 Å². The summed E-state index contributed by atoms with van der Waals surface area (Å²) in [5.41, 5.74) is 2.28. The number of hydrogen-bond donors (Lipinski definition) is 1. The summed E-state index contributed by atoms with van der Waals surface area (Å²) in [6, 6.07) is 17.4. The van der Waals surface area contributed by atoms with Gasteiger partial charge in [-0.15, -0.1) is 5.10 Å². The Kier molecular flexibility index (Phi) is 6.61. The van der Waals surface area contributed by atoms with Gasteiger partial charge in [0.05, 0.1) is 6.54 Å². The SMILES string of the molecule is CC(CCc1ccccc1)NC(=O)Cn1cnc2c(nnn2Cc2ccc(Cl)cc2)c1=O. The molecule has 0 spiro atoms. The number of hydrogen-bond acceptors (Lipinski definition) is 5. The van der Waals surface area contributed by atoms with E-state index in [1.807, 2.05) is 37.3 Å². The van der Waals surface area contributed by atoms with Gasteiger partial charge in [0.2, 0.25) is 5.91 Å². The van der Waals surface area contributed by atoms with Crippen molar-refractivity contribution in [3.63, 3.8) is 0 Å². The van der Waals surface area contributed by atoms with Crippen molar-refractivity contribution >= 4 is 28.7 Å². The Morgan fingerprint density at radius 3 is 2.59 bits per heavy atom. The second kappa shape index (κ2) is 9.74. The average molecular weight is 451 g/mol. The molecule has 0 radical (unpaired) electrons. The summed E-state index contributed by atoms with van der Waals surface area (Å²) in [5, 5.41) is 11.6. The Bertz CT molecular complexity index is 1270. The number of carbonyl (C=O) groups is 1. The fourth-order valence-electron chi connectivity index (χ4n) is 3.44. The number of benzene rings is 2. The van der Waals surface area contributed by atoms with E-state index >= 15 is 0 Å². The van der Waals surface area contributed by atoms with Crippen LogP contribution in [0.25, 0.3) is 11.2 Å². The molecule has 1 amide bonds. The quantitative estimate of drug-likeness (QED) is 0.445. The number of carbonyl (C=O) groups excluding carboxylic acids is 1. The minimum Gasteiger partial charge on any atom is -0.352 e. The molecule has 164 valence electrons. The number of nitrogens with one attached hydrogen (secondary N) is 1. The van der Waals surface area contributed by atoms with Crippen molar-refractivity contribution in [3.8, 4) is 0 Å². The van der Waals surface area contributed by atoms with E-state index in [9.17, 15) is 9.59 Å². The van der Waals surface area contributed by atoms with Gasteiger partial charge in [0, 0.05) is 11.1 Å². The van der Waals surface area contributed by atoms with Gasteiger partial charge in [0.1, 0.15) is 12.9 Å². The Hall–Kier alpha value is -3.52. The molecule has 0 bridgehead atoms. The lowest BCUT2D eigenvalue weighted by Gasteiger charge is -2.14. The monoisotopic (exact) mass is 450 g/mol. The number of aryl methyl sites for hydroxylation is 1. The van der Waals surface area contributed by atoms with Gasteiger partial charge in [-0.2, -0.15) is 0 Å². The first-order valence-corrected chi connectivity index (χ1v) is 10.7. The molecule has 0 aliphatic heterocycles. The summed E-state index contributed by atoms with van der Waals surface area (Å²) in [6.45, 7) is 2.23. The van der Waals surface area contributed by atoms with E-state index in [0.29, 0.717) is 17.2 Å². The van der Waals surface area contributed by atoms with Gasteiger partial charge in [-0.1, -0.05) is 59.3 Å². The third-order valence-corrected chi connectivity index (χ3v) is 5.42. The van der Waals surface area contributed by atoms with Crippen LogP contribution in [0, 0.1) is 0 Å². The molecular formula is C23H23ClN6O2. The van der Waals surface area contributed by atoms with Crippen LogP contribution in [0.2, 0.25) is 5.02 Å². The highest BCUT2D eigenvalue weighted by molar-refractivity contribution is 6.30. The molecule has 0 fully saturated rings. The first-order chi connectivity index (χ1) is 15.5. The number of halogens is 1. The zero-order chi connectivity index (χ0) is 22.5. The maximum absolute atomic E-state index is 12.8. The van der Waals surface area contributed by atoms with E-state index in [1.54, 1.807) is 16.8 Å². The van der Waals surface area contributed by atoms with Crippen molar-refractivity contribution in [2.24, 2.45) is 0 Å². The van der Waals surface area contributed by atoms with Gasteiger partial charge < -0.3 is 5.32 Å². The minimum atomic E-state index is -0.399. The molecule has 0 aliphatic rings. The summed E-state index contributed by atoms with van der Waals surface area (Å²) >= 11 is 5.92. The zero-order valence-electron chi connectivity index (χ0n) is 17.6. The molecule has 1 atom stereocenters. The van der Waals surface area contributed by atoms with Gasteiger partial charge in [0.15, 0.2) is 11.2 Å². The van der Waals surface area contributed by atoms with Gasteiger partial charge >= 0.3 is 0 Å². The number of fused-ring (bicyclic) bond motifs is 1. The normalized spacial score (nSPS) is 12.1. The van der Waals surface area contributed by atoms with Crippen LogP contribution < -0.4 is 10.9 Å². The maximum atomic E-state index is 12.8. The van der Waals surface area contributed by atoms with E-state index in [4.69, 9.17) is 11.6 Å². The molecule has 1 N–H and O–H groups in total. The molecule has 2 aromatic heterocycles. The summed E-state index contributed by atoms with van der Waals surface area (Å²) in [5.74, 6) is -0.248. The molecule has 32 heavy (non-hydrogen) atoms. The average Bonchev–Trinajstić information content (AvgIpc) is 3.20. The molecule has 9 heteroatoms. The van der Waals surface area contributed by atoms with Crippen molar-refractivity contribution in [2.45, 2.75) is 38.9 Å². The van der Waals surface area contributed by atoms with Crippen LogP contribution in [0.15, 0.2) is 65.7 Å². The third-order valence-electron chi connectivity index (χ3n) is 5.17. The minimum absolute atomic E-state index is 0.0182. The van der Waals surface area contributed by atoms with Crippen LogP contribution in [-0.4, -0.2) is 36.5 Å². The van der Waals surface area contributed by atoms with Crippen LogP contribution in [0.1, 0.15) is 24.5 Å². The van der Waals surface area contributed by atoms with Gasteiger partial charge in [0.25, 0.3) is 5.56 Å². The Balaban J connectivity index is 1.40.